The largest absolute Gasteiger partial charge is 0.391 e. The minimum Gasteiger partial charge on any atom is -0.391 e. The Kier molecular flexibility index (Phi) is 8.89. The summed E-state index contributed by atoms with van der Waals surface area (Å²) in [5.74, 6) is -1.09. The van der Waals surface area contributed by atoms with E-state index in [9.17, 15) is 19.5 Å². The zero-order valence-electron chi connectivity index (χ0n) is 24.4. The molecule has 1 saturated heterocycles. The fraction of sp³-hybridized carbons (Fsp3) is 0.467. The lowest BCUT2D eigenvalue weighted by Gasteiger charge is -2.34. The first-order chi connectivity index (χ1) is 19.3. The van der Waals surface area contributed by atoms with Crippen LogP contribution in [0.25, 0.3) is 10.4 Å². The van der Waals surface area contributed by atoms with Crippen LogP contribution in [0.5, 0.6) is 0 Å². The Morgan fingerprint density at radius 3 is 2.51 bits per heavy atom. The number of aromatic amines is 1. The molecule has 0 aliphatic carbocycles. The normalized spacial score (nSPS) is 17.9. The van der Waals surface area contributed by atoms with Crippen molar-refractivity contribution in [2.45, 2.75) is 66.2 Å². The van der Waals surface area contributed by atoms with Crippen LogP contribution in [0.1, 0.15) is 74.1 Å². The van der Waals surface area contributed by atoms with E-state index in [2.05, 4.69) is 15.0 Å². The highest BCUT2D eigenvalue weighted by Gasteiger charge is 2.43. The Bertz CT molecular complexity index is 1440. The third-order valence-electron chi connectivity index (χ3n) is 7.60. The van der Waals surface area contributed by atoms with Gasteiger partial charge in [0.2, 0.25) is 5.91 Å². The number of thiazole rings is 1. The number of β-amino-alcohol motifs (C(OH)–C–C–N with tert-alkyl or cyclic N) is 1. The Morgan fingerprint density at radius 1 is 1.24 bits per heavy atom. The SMILES string of the molecule is CC(=O)C(=N)C[C@H](C(=O)N1C[C@H](O)C[C@H]1c1nc(C(=O)N(C)Cc2ccc(-c3scnc3C)cc2)c[nH]1)C(C)(C)C. The molecule has 0 radical (unpaired) electrons. The van der Waals surface area contributed by atoms with Gasteiger partial charge in [-0.05, 0) is 23.5 Å². The molecule has 4 rings (SSSR count). The van der Waals surface area contributed by atoms with Crippen LogP contribution in [0.2, 0.25) is 0 Å². The summed E-state index contributed by atoms with van der Waals surface area (Å²) in [6.07, 6.45) is 1.08. The Morgan fingerprint density at radius 2 is 1.93 bits per heavy atom. The van der Waals surface area contributed by atoms with Crippen molar-refractivity contribution in [3.63, 3.8) is 0 Å². The van der Waals surface area contributed by atoms with Crippen LogP contribution in [-0.4, -0.2) is 72.9 Å². The molecule has 3 heterocycles. The Labute approximate surface area is 244 Å². The van der Waals surface area contributed by atoms with E-state index in [1.165, 1.54) is 13.1 Å². The number of carbonyl (C=O) groups is 3. The second kappa shape index (κ2) is 12.0. The number of imidazole rings is 1. The predicted molar refractivity (Wildman–Crippen MR) is 158 cm³/mol. The summed E-state index contributed by atoms with van der Waals surface area (Å²) in [7, 11) is 1.71. The molecule has 1 aliphatic rings. The van der Waals surface area contributed by atoms with Crippen molar-refractivity contribution in [3.8, 4) is 10.4 Å². The number of nitrogens with one attached hydrogen (secondary N) is 2. The number of nitrogens with zero attached hydrogens (tertiary/aromatic N) is 4. The molecular formula is C30H38N6O4S. The number of hydrogen-bond acceptors (Lipinski definition) is 8. The number of rotatable bonds is 9. The van der Waals surface area contributed by atoms with Gasteiger partial charge in [-0.25, -0.2) is 9.97 Å². The van der Waals surface area contributed by atoms with Gasteiger partial charge < -0.3 is 25.3 Å². The van der Waals surface area contributed by atoms with Gasteiger partial charge in [-0.1, -0.05) is 45.0 Å². The third kappa shape index (κ3) is 6.79. The summed E-state index contributed by atoms with van der Waals surface area (Å²) in [5, 5.41) is 18.6. The minimum absolute atomic E-state index is 0.0223. The summed E-state index contributed by atoms with van der Waals surface area (Å²) < 4.78 is 0. The average molecular weight is 579 g/mol. The molecule has 2 aromatic heterocycles. The molecule has 3 aromatic rings. The lowest BCUT2D eigenvalue weighted by Crippen LogP contribution is -2.43. The van der Waals surface area contributed by atoms with E-state index in [1.54, 1.807) is 28.2 Å². The van der Waals surface area contributed by atoms with E-state index in [0.717, 1.165) is 21.7 Å². The van der Waals surface area contributed by atoms with Crippen LogP contribution in [0.3, 0.4) is 0 Å². The lowest BCUT2D eigenvalue weighted by atomic mass is 9.76. The number of amides is 2. The molecule has 0 spiro atoms. The van der Waals surface area contributed by atoms with E-state index in [-0.39, 0.29) is 48.4 Å². The van der Waals surface area contributed by atoms with E-state index >= 15 is 0 Å². The number of Topliss-reactive ketones (excluding diaryl/α,β-unsaturated/α-hetero) is 1. The van der Waals surface area contributed by atoms with Crippen molar-refractivity contribution in [1.29, 1.82) is 5.41 Å². The maximum atomic E-state index is 13.7. The van der Waals surface area contributed by atoms with Crippen molar-refractivity contribution in [1.82, 2.24) is 24.8 Å². The van der Waals surface area contributed by atoms with Crippen molar-refractivity contribution >= 4 is 34.6 Å². The molecule has 3 atom stereocenters. The van der Waals surface area contributed by atoms with Gasteiger partial charge in [-0.15, -0.1) is 11.3 Å². The number of benzene rings is 1. The van der Waals surface area contributed by atoms with Gasteiger partial charge in [0.25, 0.3) is 5.91 Å². The molecule has 2 amide bonds. The fourth-order valence-electron chi connectivity index (χ4n) is 5.13. The number of aliphatic hydroxyl groups excluding tert-OH is 1. The quantitative estimate of drug-likeness (QED) is 0.321. The molecule has 3 N–H and O–H groups in total. The van der Waals surface area contributed by atoms with Gasteiger partial charge >= 0.3 is 0 Å². The first-order valence-corrected chi connectivity index (χ1v) is 14.5. The zero-order valence-corrected chi connectivity index (χ0v) is 25.2. The van der Waals surface area contributed by atoms with Crippen LogP contribution in [0.4, 0.5) is 0 Å². The van der Waals surface area contributed by atoms with E-state index in [0.29, 0.717) is 12.4 Å². The van der Waals surface area contributed by atoms with Gasteiger partial charge in [-0.3, -0.25) is 14.4 Å². The fourth-order valence-corrected chi connectivity index (χ4v) is 5.94. The molecule has 11 heteroatoms. The first kappa shape index (κ1) is 30.3. The predicted octanol–water partition coefficient (Wildman–Crippen LogP) is 4.41. The summed E-state index contributed by atoms with van der Waals surface area (Å²) in [4.78, 5) is 54.9. The number of hydrogen-bond donors (Lipinski definition) is 3. The summed E-state index contributed by atoms with van der Waals surface area (Å²) in [5.41, 5.74) is 4.49. The van der Waals surface area contributed by atoms with Gasteiger partial charge in [0.15, 0.2) is 5.78 Å². The Balaban J connectivity index is 1.47. The standard InChI is InChI=1S/C30H38N6O4S/c1-17-26(41-16-33-17)20-9-7-19(8-10-20)14-35(6)29(40)24-13-32-27(34-24)25-11-21(38)15-36(25)28(39)22(30(3,4)5)12-23(31)18(2)37/h7-10,13,16,21-22,25,31,38H,11-12,14-15H2,1-6H3,(H,32,34)/t21-,22-,25+/m1/s1. The molecule has 0 saturated carbocycles. The van der Waals surface area contributed by atoms with Gasteiger partial charge in [0, 0.05) is 52.0 Å². The topological polar surface area (TPSA) is 143 Å². The van der Waals surface area contributed by atoms with Crippen molar-refractivity contribution in [3.05, 3.63) is 58.7 Å². The molecule has 0 unspecified atom stereocenters. The maximum absolute atomic E-state index is 13.7. The number of ketones is 1. The van der Waals surface area contributed by atoms with Crippen molar-refractivity contribution in [2.24, 2.45) is 11.3 Å². The highest BCUT2D eigenvalue weighted by atomic mass is 32.1. The van der Waals surface area contributed by atoms with Crippen LogP contribution in [0, 0.1) is 23.7 Å². The third-order valence-corrected chi connectivity index (χ3v) is 8.58. The van der Waals surface area contributed by atoms with Crippen molar-refractivity contribution in [2.75, 3.05) is 13.6 Å². The highest BCUT2D eigenvalue weighted by molar-refractivity contribution is 7.13. The van der Waals surface area contributed by atoms with E-state index in [1.807, 2.05) is 57.5 Å². The molecule has 41 heavy (non-hydrogen) atoms. The van der Waals surface area contributed by atoms with E-state index < -0.39 is 23.5 Å². The van der Waals surface area contributed by atoms with Crippen molar-refractivity contribution < 1.29 is 19.5 Å². The summed E-state index contributed by atoms with van der Waals surface area (Å²) >= 11 is 1.59. The molecule has 218 valence electrons. The number of H-pyrrole nitrogens is 1. The zero-order chi connectivity index (χ0) is 30.1. The number of likely N-dealkylation sites (tertiary alicyclic amines) is 1. The summed E-state index contributed by atoms with van der Waals surface area (Å²) in [6, 6.07) is 7.49. The molecule has 10 nitrogen and oxygen atoms in total. The molecule has 0 bridgehead atoms. The first-order valence-electron chi connectivity index (χ1n) is 13.6. The van der Waals surface area contributed by atoms with E-state index in [4.69, 9.17) is 5.41 Å². The molecule has 1 aromatic carbocycles. The minimum atomic E-state index is -0.750. The smallest absolute Gasteiger partial charge is 0.274 e. The van der Waals surface area contributed by atoms with Gasteiger partial charge in [0.1, 0.15) is 11.5 Å². The number of aryl methyl sites for hydroxylation is 1. The van der Waals surface area contributed by atoms with Crippen LogP contribution >= 0.6 is 11.3 Å². The number of aliphatic hydroxyl groups is 1. The molecular weight excluding hydrogens is 540 g/mol. The lowest BCUT2D eigenvalue weighted by molar-refractivity contribution is -0.140. The maximum Gasteiger partial charge on any atom is 0.274 e. The monoisotopic (exact) mass is 578 g/mol. The second-order valence-corrected chi connectivity index (χ2v) is 12.7. The van der Waals surface area contributed by atoms with Gasteiger partial charge in [-0.2, -0.15) is 0 Å². The van der Waals surface area contributed by atoms with Crippen LogP contribution < -0.4 is 0 Å². The Hall–Kier alpha value is -3.70. The van der Waals surface area contributed by atoms with Crippen LogP contribution in [0.15, 0.2) is 36.0 Å². The molecule has 1 fully saturated rings. The average Bonchev–Trinajstić information content (AvgIpc) is 3.65. The number of aromatic nitrogens is 3. The molecule has 1 aliphatic heterocycles. The second-order valence-electron chi connectivity index (χ2n) is 11.8. The summed E-state index contributed by atoms with van der Waals surface area (Å²) in [6.45, 7) is 9.52. The van der Waals surface area contributed by atoms with Crippen LogP contribution in [-0.2, 0) is 16.1 Å². The number of carbonyl (C=O) groups excluding carboxylic acids is 3. The van der Waals surface area contributed by atoms with Gasteiger partial charge in [0.05, 0.1) is 33.9 Å². The highest BCUT2D eigenvalue weighted by Crippen LogP contribution is 2.37.